The Bertz CT molecular complexity index is 928. The van der Waals surface area contributed by atoms with Crippen LogP contribution >= 0.6 is 0 Å². The first kappa shape index (κ1) is 17.6. The number of hydrogen-bond donors (Lipinski definition) is 0. The Kier molecular flexibility index (Phi) is 4.40. The second kappa shape index (κ2) is 6.74. The van der Waals surface area contributed by atoms with Gasteiger partial charge in [0.1, 0.15) is 24.0 Å². The van der Waals surface area contributed by atoms with Gasteiger partial charge in [0, 0.05) is 23.7 Å². The smallest absolute Gasteiger partial charge is 0.231 e. The van der Waals surface area contributed by atoms with Crippen LogP contribution in [0, 0.1) is 6.92 Å². The maximum Gasteiger partial charge on any atom is 0.231 e. The third-order valence-corrected chi connectivity index (χ3v) is 5.11. The fraction of sp³-hybridized carbons (Fsp3) is 0.318. The zero-order valence-electron chi connectivity index (χ0n) is 16.0. The van der Waals surface area contributed by atoms with Gasteiger partial charge < -0.3 is 14.2 Å². The minimum absolute atomic E-state index is 0.0895. The Morgan fingerprint density at radius 1 is 1.19 bits per heavy atom. The molecule has 2 aromatic rings. The molecule has 5 heteroatoms. The lowest BCUT2D eigenvalue weighted by Gasteiger charge is -2.32. The second-order valence-electron chi connectivity index (χ2n) is 7.19. The van der Waals surface area contributed by atoms with Crippen LogP contribution in [0.15, 0.2) is 36.1 Å². The molecule has 0 spiro atoms. The molecule has 0 radical (unpaired) electrons. The number of carbonyl (C=O) groups excluding carboxylic acids is 1. The fourth-order valence-electron chi connectivity index (χ4n) is 3.45. The van der Waals surface area contributed by atoms with Gasteiger partial charge in [-0.05, 0) is 50.6 Å². The van der Waals surface area contributed by atoms with Crippen LogP contribution in [0.25, 0.3) is 6.08 Å². The van der Waals surface area contributed by atoms with Crippen LogP contribution in [0.2, 0.25) is 0 Å². The van der Waals surface area contributed by atoms with E-state index in [1.54, 1.807) is 13.2 Å². The van der Waals surface area contributed by atoms with E-state index in [0.717, 1.165) is 34.7 Å². The highest BCUT2D eigenvalue weighted by Gasteiger charge is 2.33. The summed E-state index contributed by atoms with van der Waals surface area (Å²) in [5.74, 6) is 2.46. The van der Waals surface area contributed by atoms with Crippen LogP contribution in [-0.4, -0.2) is 30.6 Å². The molecule has 5 nitrogen and oxygen atoms in total. The first-order valence-electron chi connectivity index (χ1n) is 9.09. The molecule has 0 amide bonds. The number of nitrogens with zero attached hydrogens (tertiary/aromatic N) is 1. The van der Waals surface area contributed by atoms with Crippen molar-refractivity contribution in [3.05, 3.63) is 58.3 Å². The molecule has 0 fully saturated rings. The van der Waals surface area contributed by atoms with E-state index in [2.05, 4.69) is 18.7 Å². The van der Waals surface area contributed by atoms with Crippen LogP contribution in [-0.2, 0) is 6.54 Å². The van der Waals surface area contributed by atoms with Crippen molar-refractivity contribution < 1.29 is 19.0 Å². The maximum atomic E-state index is 12.9. The third-order valence-electron chi connectivity index (χ3n) is 5.11. The molecule has 0 saturated heterocycles. The molecule has 27 heavy (non-hydrogen) atoms. The Morgan fingerprint density at radius 2 is 1.93 bits per heavy atom. The van der Waals surface area contributed by atoms with Gasteiger partial charge in [-0.25, -0.2) is 0 Å². The van der Waals surface area contributed by atoms with Crippen molar-refractivity contribution in [3.8, 4) is 17.2 Å². The SMILES string of the molecule is COc1ccc(/C=C2\Oc3c(cc4c(c3C)OCN(C(C)C)C4)C2=O)cc1. The zero-order chi connectivity index (χ0) is 19.1. The summed E-state index contributed by atoms with van der Waals surface area (Å²) < 4.78 is 17.1. The number of Topliss-reactive ketones (excluding diaryl/α,β-unsaturated/α-hetero) is 1. The lowest BCUT2D eigenvalue weighted by Crippen LogP contribution is -2.37. The molecule has 0 atom stereocenters. The lowest BCUT2D eigenvalue weighted by molar-refractivity contribution is 0.0678. The van der Waals surface area contributed by atoms with Gasteiger partial charge in [0.15, 0.2) is 5.76 Å². The average molecular weight is 365 g/mol. The number of ether oxygens (including phenoxy) is 3. The predicted molar refractivity (Wildman–Crippen MR) is 103 cm³/mol. The number of rotatable bonds is 3. The molecule has 0 aliphatic carbocycles. The summed E-state index contributed by atoms with van der Waals surface area (Å²) >= 11 is 0. The van der Waals surface area contributed by atoms with Crippen LogP contribution in [0.5, 0.6) is 17.2 Å². The van der Waals surface area contributed by atoms with Gasteiger partial charge in [0.05, 0.1) is 12.7 Å². The van der Waals surface area contributed by atoms with E-state index in [0.29, 0.717) is 29.8 Å². The summed E-state index contributed by atoms with van der Waals surface area (Å²) in [6.45, 7) is 7.54. The van der Waals surface area contributed by atoms with Crippen molar-refractivity contribution >= 4 is 11.9 Å². The Hall–Kier alpha value is -2.79. The van der Waals surface area contributed by atoms with Crippen molar-refractivity contribution in [1.82, 2.24) is 4.90 Å². The molecule has 2 aromatic carbocycles. The van der Waals surface area contributed by atoms with Crippen molar-refractivity contribution in [2.45, 2.75) is 33.4 Å². The van der Waals surface area contributed by atoms with Crippen molar-refractivity contribution in [3.63, 3.8) is 0 Å². The van der Waals surface area contributed by atoms with Crippen LogP contribution in [0.1, 0.15) is 40.9 Å². The number of carbonyl (C=O) groups is 1. The Balaban J connectivity index is 1.68. The molecule has 0 bridgehead atoms. The first-order valence-corrected chi connectivity index (χ1v) is 9.09. The van der Waals surface area contributed by atoms with E-state index < -0.39 is 0 Å². The normalized spacial score (nSPS) is 17.5. The van der Waals surface area contributed by atoms with Crippen LogP contribution < -0.4 is 14.2 Å². The number of benzene rings is 2. The zero-order valence-corrected chi connectivity index (χ0v) is 16.0. The average Bonchev–Trinajstić information content (AvgIpc) is 2.98. The van der Waals surface area contributed by atoms with Crippen LogP contribution in [0.4, 0.5) is 0 Å². The van der Waals surface area contributed by atoms with E-state index in [4.69, 9.17) is 14.2 Å². The standard InChI is InChI=1S/C22H23NO4/c1-13(2)23-11-16-10-18-20(24)19(9-15-5-7-17(25-4)8-6-15)27-22(18)14(3)21(16)26-12-23/h5-10,13H,11-12H2,1-4H3/b19-9-. The summed E-state index contributed by atoms with van der Waals surface area (Å²) in [6, 6.07) is 9.81. The molecular formula is C22H23NO4. The summed E-state index contributed by atoms with van der Waals surface area (Å²) in [4.78, 5) is 15.1. The van der Waals surface area contributed by atoms with E-state index in [-0.39, 0.29) is 5.78 Å². The summed E-state index contributed by atoms with van der Waals surface area (Å²) in [7, 11) is 1.63. The second-order valence-corrected chi connectivity index (χ2v) is 7.19. The van der Waals surface area contributed by atoms with Crippen molar-refractivity contribution in [2.24, 2.45) is 0 Å². The highest BCUT2D eigenvalue weighted by Crippen LogP contribution is 2.43. The van der Waals surface area contributed by atoms with Gasteiger partial charge in [0.25, 0.3) is 0 Å². The largest absolute Gasteiger partial charge is 0.497 e. The van der Waals surface area contributed by atoms with Crippen molar-refractivity contribution in [2.75, 3.05) is 13.8 Å². The number of allylic oxidation sites excluding steroid dienone is 1. The molecule has 2 heterocycles. The van der Waals surface area contributed by atoms with Gasteiger partial charge in [-0.2, -0.15) is 0 Å². The molecule has 0 N–H and O–H groups in total. The van der Waals surface area contributed by atoms with E-state index >= 15 is 0 Å². The van der Waals surface area contributed by atoms with E-state index in [1.165, 1.54) is 0 Å². The molecule has 0 saturated carbocycles. The molecule has 4 rings (SSSR count). The van der Waals surface area contributed by atoms with E-state index in [9.17, 15) is 4.79 Å². The molecule has 140 valence electrons. The number of hydrogen-bond acceptors (Lipinski definition) is 5. The molecule has 2 aliphatic rings. The van der Waals surface area contributed by atoms with Crippen LogP contribution in [0.3, 0.4) is 0 Å². The number of methoxy groups -OCH3 is 1. The van der Waals surface area contributed by atoms with E-state index in [1.807, 2.05) is 37.3 Å². The van der Waals surface area contributed by atoms with Gasteiger partial charge >= 0.3 is 0 Å². The van der Waals surface area contributed by atoms with Gasteiger partial charge in [-0.3, -0.25) is 9.69 Å². The third kappa shape index (κ3) is 3.08. The quantitative estimate of drug-likeness (QED) is 0.764. The summed E-state index contributed by atoms with van der Waals surface area (Å²) in [5.41, 5.74) is 3.42. The molecule has 2 aliphatic heterocycles. The highest BCUT2D eigenvalue weighted by molar-refractivity contribution is 6.15. The minimum Gasteiger partial charge on any atom is -0.497 e. The topological polar surface area (TPSA) is 48.0 Å². The molecule has 0 aromatic heterocycles. The number of fused-ring (bicyclic) bond motifs is 2. The van der Waals surface area contributed by atoms with Gasteiger partial charge in [0.2, 0.25) is 5.78 Å². The summed E-state index contributed by atoms with van der Waals surface area (Å²) in [6.07, 6.45) is 1.77. The minimum atomic E-state index is -0.0895. The predicted octanol–water partition coefficient (Wildman–Crippen LogP) is 4.18. The van der Waals surface area contributed by atoms with Crippen molar-refractivity contribution in [1.29, 1.82) is 0 Å². The Morgan fingerprint density at radius 3 is 2.59 bits per heavy atom. The summed E-state index contributed by atoms with van der Waals surface area (Å²) in [5, 5.41) is 0. The first-order chi connectivity index (χ1) is 13.0. The lowest BCUT2D eigenvalue weighted by atomic mass is 9.99. The fourth-order valence-corrected chi connectivity index (χ4v) is 3.45. The molecule has 0 unspecified atom stereocenters. The highest BCUT2D eigenvalue weighted by atomic mass is 16.5. The van der Waals surface area contributed by atoms with Gasteiger partial charge in [-0.1, -0.05) is 12.1 Å². The maximum absolute atomic E-state index is 12.9. The van der Waals surface area contributed by atoms with Gasteiger partial charge in [-0.15, -0.1) is 0 Å². The molecular weight excluding hydrogens is 342 g/mol. The number of ketones is 1. The Labute approximate surface area is 159 Å². The monoisotopic (exact) mass is 365 g/mol.